The molecule has 2 heterocycles. The predicted octanol–water partition coefficient (Wildman–Crippen LogP) is 4.54. The number of fused-ring (bicyclic) bond motifs is 1. The average Bonchev–Trinajstić information content (AvgIpc) is 2.83. The van der Waals surface area contributed by atoms with E-state index in [1.54, 1.807) is 0 Å². The standard InChI is InChI=1S/C25H21N5OS/c26-15-19-23(18-8-2-1-3-9-18)20(16-27)25(29-24(19)28)32-14-12-22(31)30-13-6-10-17-7-4-5-11-21(17)30/h1-5,7-9,11H,6,10,12-14H2,(H2,28,29). The molecule has 1 aliphatic heterocycles. The first kappa shape index (κ1) is 21.4. The molecule has 1 amide bonds. The molecule has 0 fully saturated rings. The van der Waals surface area contributed by atoms with Gasteiger partial charge in [-0.3, -0.25) is 4.79 Å². The number of nitrogen functional groups attached to an aromatic ring is 1. The van der Waals surface area contributed by atoms with E-state index in [0.29, 0.717) is 34.9 Å². The summed E-state index contributed by atoms with van der Waals surface area (Å²) in [5, 5.41) is 19.9. The van der Waals surface area contributed by atoms with Gasteiger partial charge in [0, 0.05) is 30.0 Å². The van der Waals surface area contributed by atoms with Gasteiger partial charge >= 0.3 is 0 Å². The smallest absolute Gasteiger partial charge is 0.227 e. The number of carbonyl (C=O) groups is 1. The molecule has 0 saturated carbocycles. The first-order valence-corrected chi connectivity index (χ1v) is 11.3. The van der Waals surface area contributed by atoms with Crippen LogP contribution in [0.2, 0.25) is 0 Å². The third-order valence-electron chi connectivity index (χ3n) is 5.44. The summed E-state index contributed by atoms with van der Waals surface area (Å²) < 4.78 is 0. The van der Waals surface area contributed by atoms with Crippen molar-refractivity contribution in [2.24, 2.45) is 0 Å². The Morgan fingerprint density at radius 3 is 2.53 bits per heavy atom. The van der Waals surface area contributed by atoms with E-state index >= 15 is 0 Å². The maximum absolute atomic E-state index is 12.9. The van der Waals surface area contributed by atoms with E-state index < -0.39 is 0 Å². The fraction of sp³-hybridized carbons (Fsp3) is 0.200. The van der Waals surface area contributed by atoms with Crippen molar-refractivity contribution in [3.8, 4) is 23.3 Å². The van der Waals surface area contributed by atoms with Crippen LogP contribution in [-0.2, 0) is 11.2 Å². The number of nitrogens with zero attached hydrogens (tertiary/aromatic N) is 4. The van der Waals surface area contributed by atoms with E-state index in [0.717, 1.165) is 24.1 Å². The van der Waals surface area contributed by atoms with Crippen molar-refractivity contribution in [3.63, 3.8) is 0 Å². The second-order valence-corrected chi connectivity index (χ2v) is 8.48. The van der Waals surface area contributed by atoms with E-state index in [-0.39, 0.29) is 17.3 Å². The lowest BCUT2D eigenvalue weighted by molar-refractivity contribution is -0.118. The van der Waals surface area contributed by atoms with Gasteiger partial charge in [-0.15, -0.1) is 11.8 Å². The summed E-state index contributed by atoms with van der Waals surface area (Å²) in [5.41, 5.74) is 9.97. The molecule has 0 saturated heterocycles. The van der Waals surface area contributed by atoms with Crippen molar-refractivity contribution in [3.05, 3.63) is 71.3 Å². The molecule has 4 rings (SSSR count). The predicted molar refractivity (Wildman–Crippen MR) is 126 cm³/mol. The lowest BCUT2D eigenvalue weighted by atomic mass is 9.97. The highest BCUT2D eigenvalue weighted by atomic mass is 32.2. The van der Waals surface area contributed by atoms with Crippen molar-refractivity contribution in [1.82, 2.24) is 4.98 Å². The minimum Gasteiger partial charge on any atom is -0.383 e. The Bertz CT molecular complexity index is 1240. The van der Waals surface area contributed by atoms with Crippen LogP contribution in [0.1, 0.15) is 29.5 Å². The summed E-state index contributed by atoms with van der Waals surface area (Å²) in [6, 6.07) is 21.5. The van der Waals surface area contributed by atoms with Crippen LogP contribution in [0.25, 0.3) is 11.1 Å². The van der Waals surface area contributed by atoms with Crippen LogP contribution in [0.4, 0.5) is 11.5 Å². The number of pyridine rings is 1. The molecule has 2 N–H and O–H groups in total. The largest absolute Gasteiger partial charge is 0.383 e. The lowest BCUT2D eigenvalue weighted by Gasteiger charge is -2.29. The van der Waals surface area contributed by atoms with Crippen LogP contribution in [0.15, 0.2) is 59.6 Å². The zero-order valence-corrected chi connectivity index (χ0v) is 18.2. The minimum absolute atomic E-state index is 0.0491. The number of hydrogen-bond acceptors (Lipinski definition) is 6. The molecule has 0 atom stereocenters. The van der Waals surface area contributed by atoms with Crippen LogP contribution in [-0.4, -0.2) is 23.2 Å². The number of hydrogen-bond donors (Lipinski definition) is 1. The minimum atomic E-state index is 0.0491. The number of aryl methyl sites for hydroxylation is 1. The Hall–Kier alpha value is -3.81. The number of amides is 1. The second kappa shape index (κ2) is 9.55. The summed E-state index contributed by atoms with van der Waals surface area (Å²) in [4.78, 5) is 19.1. The van der Waals surface area contributed by atoms with Gasteiger partial charge in [0.1, 0.15) is 28.5 Å². The summed E-state index contributed by atoms with van der Waals surface area (Å²) in [7, 11) is 0. The molecule has 7 heteroatoms. The number of thioether (sulfide) groups is 1. The van der Waals surface area contributed by atoms with Crippen molar-refractivity contribution in [2.75, 3.05) is 22.9 Å². The van der Waals surface area contributed by atoms with E-state index in [4.69, 9.17) is 5.73 Å². The summed E-state index contributed by atoms with van der Waals surface area (Å²) >= 11 is 1.32. The number of nitriles is 2. The van der Waals surface area contributed by atoms with Gasteiger partial charge in [-0.05, 0) is 30.0 Å². The molecule has 0 radical (unpaired) electrons. The zero-order chi connectivity index (χ0) is 22.5. The quantitative estimate of drug-likeness (QED) is 0.585. The van der Waals surface area contributed by atoms with Crippen LogP contribution in [0.3, 0.4) is 0 Å². The Morgan fingerprint density at radius 1 is 1.06 bits per heavy atom. The molecule has 32 heavy (non-hydrogen) atoms. The number of carbonyl (C=O) groups excluding carboxylic acids is 1. The third-order valence-corrected chi connectivity index (χ3v) is 6.42. The summed E-state index contributed by atoms with van der Waals surface area (Å²) in [6.07, 6.45) is 2.24. The zero-order valence-electron chi connectivity index (χ0n) is 17.4. The van der Waals surface area contributed by atoms with Gasteiger partial charge in [-0.1, -0.05) is 48.5 Å². The SMILES string of the molecule is N#Cc1c(N)nc(SCCC(=O)N2CCCc3ccccc32)c(C#N)c1-c1ccccc1. The van der Waals surface area contributed by atoms with Gasteiger partial charge in [-0.2, -0.15) is 10.5 Å². The van der Waals surface area contributed by atoms with E-state index in [2.05, 4.69) is 23.2 Å². The molecule has 2 aromatic carbocycles. The molecule has 0 aliphatic carbocycles. The summed E-state index contributed by atoms with van der Waals surface area (Å²) in [5.74, 6) is 0.593. The molecule has 0 bridgehead atoms. The van der Waals surface area contributed by atoms with Crippen molar-refractivity contribution in [2.45, 2.75) is 24.3 Å². The van der Waals surface area contributed by atoms with Gasteiger partial charge in [0.2, 0.25) is 5.91 Å². The van der Waals surface area contributed by atoms with E-state index in [1.165, 1.54) is 17.3 Å². The van der Waals surface area contributed by atoms with Gasteiger partial charge in [0.05, 0.1) is 5.56 Å². The Balaban J connectivity index is 1.56. The number of benzene rings is 2. The molecule has 1 aliphatic rings. The Kier molecular flexibility index (Phi) is 6.39. The first-order valence-electron chi connectivity index (χ1n) is 10.3. The van der Waals surface area contributed by atoms with Gasteiger partial charge < -0.3 is 10.6 Å². The number of anilines is 2. The second-order valence-electron chi connectivity index (χ2n) is 7.39. The normalized spacial score (nSPS) is 12.5. The average molecular weight is 440 g/mol. The van der Waals surface area contributed by atoms with Crippen molar-refractivity contribution < 1.29 is 4.79 Å². The molecule has 158 valence electrons. The Morgan fingerprint density at radius 2 is 1.78 bits per heavy atom. The summed E-state index contributed by atoms with van der Waals surface area (Å²) in [6.45, 7) is 0.712. The third kappa shape index (κ3) is 4.16. The highest BCUT2D eigenvalue weighted by Crippen LogP contribution is 2.36. The molecular weight excluding hydrogens is 418 g/mol. The number of aromatic nitrogens is 1. The highest BCUT2D eigenvalue weighted by molar-refractivity contribution is 7.99. The Labute approximate surface area is 191 Å². The number of nitrogens with two attached hydrogens (primary N) is 1. The number of rotatable bonds is 5. The maximum atomic E-state index is 12.9. The lowest BCUT2D eigenvalue weighted by Crippen LogP contribution is -2.35. The van der Waals surface area contributed by atoms with Gasteiger partial charge in [0.25, 0.3) is 0 Å². The van der Waals surface area contributed by atoms with Crippen LogP contribution in [0, 0.1) is 22.7 Å². The van der Waals surface area contributed by atoms with E-state index in [1.807, 2.05) is 53.4 Å². The fourth-order valence-corrected chi connectivity index (χ4v) is 4.88. The maximum Gasteiger partial charge on any atom is 0.227 e. The molecular formula is C25H21N5OS. The molecule has 3 aromatic rings. The topological polar surface area (TPSA) is 107 Å². The first-order chi connectivity index (χ1) is 15.6. The highest BCUT2D eigenvalue weighted by Gasteiger charge is 2.23. The van der Waals surface area contributed by atoms with E-state index in [9.17, 15) is 15.3 Å². The molecule has 0 unspecified atom stereocenters. The number of para-hydroxylation sites is 1. The van der Waals surface area contributed by atoms with Gasteiger partial charge in [-0.25, -0.2) is 4.98 Å². The van der Waals surface area contributed by atoms with Crippen molar-refractivity contribution in [1.29, 1.82) is 10.5 Å². The molecule has 1 aromatic heterocycles. The monoisotopic (exact) mass is 439 g/mol. The van der Waals surface area contributed by atoms with Crippen LogP contribution in [0.5, 0.6) is 0 Å². The van der Waals surface area contributed by atoms with Crippen LogP contribution < -0.4 is 10.6 Å². The van der Waals surface area contributed by atoms with Crippen molar-refractivity contribution >= 4 is 29.2 Å². The molecule has 0 spiro atoms. The van der Waals surface area contributed by atoms with Gasteiger partial charge in [0.15, 0.2) is 0 Å². The van der Waals surface area contributed by atoms with Crippen LogP contribution >= 0.6 is 11.8 Å². The fourth-order valence-electron chi connectivity index (χ4n) is 3.96. The molecule has 6 nitrogen and oxygen atoms in total.